The first kappa shape index (κ1) is 16.1. The molecule has 1 heterocycles. The number of alkyl halides is 3. The van der Waals surface area contributed by atoms with Crippen LogP contribution in [-0.2, 0) is 4.79 Å². The summed E-state index contributed by atoms with van der Waals surface area (Å²) in [4.78, 5) is 12.0. The summed E-state index contributed by atoms with van der Waals surface area (Å²) in [5.41, 5.74) is 0.411. The number of hydrogen-bond donors (Lipinski definition) is 2. The second-order valence-electron chi connectivity index (χ2n) is 4.68. The SMILES string of the molecule is O=C(Nc1ccc(OC(F)(F)F)c(Br)c1)[C@@H]1CCCCN1. The van der Waals surface area contributed by atoms with Gasteiger partial charge in [0.15, 0.2) is 0 Å². The monoisotopic (exact) mass is 366 g/mol. The van der Waals surface area contributed by atoms with E-state index >= 15 is 0 Å². The maximum Gasteiger partial charge on any atom is 0.573 e. The fourth-order valence-electron chi connectivity index (χ4n) is 2.09. The van der Waals surface area contributed by atoms with Crippen LogP contribution < -0.4 is 15.4 Å². The molecule has 116 valence electrons. The van der Waals surface area contributed by atoms with Gasteiger partial charge >= 0.3 is 6.36 Å². The molecular formula is C13H14BrF3N2O2. The van der Waals surface area contributed by atoms with Crippen LogP contribution in [0.1, 0.15) is 19.3 Å². The van der Waals surface area contributed by atoms with Crippen LogP contribution >= 0.6 is 15.9 Å². The number of benzene rings is 1. The molecule has 1 amide bonds. The molecule has 1 aromatic rings. The largest absolute Gasteiger partial charge is 0.573 e. The second-order valence-corrected chi connectivity index (χ2v) is 5.54. The summed E-state index contributed by atoms with van der Waals surface area (Å²) in [5.74, 6) is -0.539. The average Bonchev–Trinajstić information content (AvgIpc) is 2.41. The molecule has 4 nitrogen and oxygen atoms in total. The summed E-state index contributed by atoms with van der Waals surface area (Å²) in [6.07, 6.45) is -1.98. The van der Waals surface area contributed by atoms with Crippen molar-refractivity contribution in [2.24, 2.45) is 0 Å². The first-order valence-corrected chi connectivity index (χ1v) is 7.24. The number of piperidine rings is 1. The highest BCUT2D eigenvalue weighted by atomic mass is 79.9. The lowest BCUT2D eigenvalue weighted by Crippen LogP contribution is -2.43. The fourth-order valence-corrected chi connectivity index (χ4v) is 2.55. The average molecular weight is 367 g/mol. The molecule has 8 heteroatoms. The van der Waals surface area contributed by atoms with Crippen LogP contribution in [0.15, 0.2) is 22.7 Å². The van der Waals surface area contributed by atoms with Gasteiger partial charge in [-0.25, -0.2) is 0 Å². The molecule has 21 heavy (non-hydrogen) atoms. The molecule has 2 N–H and O–H groups in total. The highest BCUT2D eigenvalue weighted by molar-refractivity contribution is 9.10. The lowest BCUT2D eigenvalue weighted by molar-refractivity contribution is -0.274. The van der Waals surface area contributed by atoms with Crippen molar-refractivity contribution in [3.05, 3.63) is 22.7 Å². The number of rotatable bonds is 3. The van der Waals surface area contributed by atoms with Crippen LogP contribution in [0.25, 0.3) is 0 Å². The molecule has 0 bridgehead atoms. The molecule has 2 rings (SSSR count). The normalized spacial score (nSPS) is 19.1. The third-order valence-electron chi connectivity index (χ3n) is 3.05. The van der Waals surface area contributed by atoms with Gasteiger partial charge in [0, 0.05) is 5.69 Å². The third-order valence-corrected chi connectivity index (χ3v) is 3.67. The molecule has 0 aliphatic carbocycles. The number of hydrogen-bond acceptors (Lipinski definition) is 3. The van der Waals surface area contributed by atoms with Crippen LogP contribution in [0.4, 0.5) is 18.9 Å². The first-order chi connectivity index (χ1) is 9.85. The zero-order valence-corrected chi connectivity index (χ0v) is 12.6. The number of carbonyl (C=O) groups is 1. The van der Waals surface area contributed by atoms with Gasteiger partial charge in [0.2, 0.25) is 5.91 Å². The number of anilines is 1. The van der Waals surface area contributed by atoms with Gasteiger partial charge in [-0.2, -0.15) is 0 Å². The molecule has 0 aromatic heterocycles. The minimum Gasteiger partial charge on any atom is -0.405 e. The Morgan fingerprint density at radius 2 is 2.14 bits per heavy atom. The zero-order chi connectivity index (χ0) is 15.5. The molecule has 0 unspecified atom stereocenters. The Labute approximate surface area is 128 Å². The van der Waals surface area contributed by atoms with E-state index in [4.69, 9.17) is 0 Å². The quantitative estimate of drug-likeness (QED) is 0.861. The predicted molar refractivity (Wildman–Crippen MR) is 75.1 cm³/mol. The topological polar surface area (TPSA) is 50.4 Å². The molecule has 1 aliphatic heterocycles. The van der Waals surface area contributed by atoms with Gasteiger partial charge in [0.25, 0.3) is 0 Å². The van der Waals surface area contributed by atoms with Crippen LogP contribution in [0.3, 0.4) is 0 Å². The van der Waals surface area contributed by atoms with E-state index in [1.54, 1.807) is 0 Å². The molecule has 0 radical (unpaired) electrons. The van der Waals surface area contributed by atoms with Gasteiger partial charge in [-0.3, -0.25) is 4.79 Å². The van der Waals surface area contributed by atoms with Gasteiger partial charge < -0.3 is 15.4 Å². The smallest absolute Gasteiger partial charge is 0.405 e. The van der Waals surface area contributed by atoms with Crippen molar-refractivity contribution >= 4 is 27.5 Å². The number of carbonyl (C=O) groups excluding carboxylic acids is 1. The maximum atomic E-state index is 12.2. The highest BCUT2D eigenvalue weighted by Crippen LogP contribution is 2.32. The summed E-state index contributed by atoms with van der Waals surface area (Å²) in [6, 6.07) is 3.64. The van der Waals surface area contributed by atoms with E-state index in [1.807, 2.05) is 0 Å². The van der Waals surface area contributed by atoms with Crippen molar-refractivity contribution in [2.45, 2.75) is 31.7 Å². The van der Waals surface area contributed by atoms with Gasteiger partial charge in [-0.15, -0.1) is 13.2 Å². The van der Waals surface area contributed by atoms with Gasteiger partial charge in [0.1, 0.15) is 5.75 Å². The number of nitrogens with one attached hydrogen (secondary N) is 2. The first-order valence-electron chi connectivity index (χ1n) is 6.45. The zero-order valence-electron chi connectivity index (χ0n) is 11.0. The van der Waals surface area contributed by atoms with Gasteiger partial charge in [0.05, 0.1) is 10.5 Å². The summed E-state index contributed by atoms with van der Waals surface area (Å²) >= 11 is 2.99. The molecule has 0 saturated carbocycles. The Hall–Kier alpha value is -1.28. The van der Waals surface area contributed by atoms with E-state index < -0.39 is 6.36 Å². The molecule has 1 atom stereocenters. The molecule has 1 saturated heterocycles. The summed E-state index contributed by atoms with van der Waals surface area (Å²) in [5, 5.41) is 5.77. The summed E-state index contributed by atoms with van der Waals surface area (Å²) < 4.78 is 40.4. The van der Waals surface area contributed by atoms with Crippen LogP contribution in [-0.4, -0.2) is 24.9 Å². The Balaban J connectivity index is 2.01. The Morgan fingerprint density at radius 1 is 1.38 bits per heavy atom. The van der Waals surface area contributed by atoms with Crippen molar-refractivity contribution in [1.29, 1.82) is 0 Å². The Kier molecular flexibility index (Phi) is 5.10. The summed E-state index contributed by atoms with van der Waals surface area (Å²) in [6.45, 7) is 0.792. The third kappa shape index (κ3) is 4.89. The molecule has 1 aliphatic rings. The number of ether oxygens (including phenoxy) is 1. The predicted octanol–water partition coefficient (Wildman–Crippen LogP) is 3.43. The van der Waals surface area contributed by atoms with E-state index in [-0.39, 0.29) is 22.2 Å². The molecular weight excluding hydrogens is 353 g/mol. The minimum atomic E-state index is -4.75. The van der Waals surface area contributed by atoms with Gasteiger partial charge in [-0.1, -0.05) is 6.42 Å². The van der Waals surface area contributed by atoms with E-state index in [0.717, 1.165) is 31.9 Å². The second kappa shape index (κ2) is 6.65. The molecule has 0 spiro atoms. The minimum absolute atomic E-state index is 0.120. The maximum absolute atomic E-state index is 12.2. The van der Waals surface area contributed by atoms with Crippen molar-refractivity contribution in [1.82, 2.24) is 5.32 Å². The highest BCUT2D eigenvalue weighted by Gasteiger charge is 2.32. The fraction of sp³-hybridized carbons (Fsp3) is 0.462. The van der Waals surface area contributed by atoms with Crippen molar-refractivity contribution in [3.8, 4) is 5.75 Å². The van der Waals surface area contributed by atoms with Crippen LogP contribution in [0, 0.1) is 0 Å². The van der Waals surface area contributed by atoms with E-state index in [9.17, 15) is 18.0 Å². The van der Waals surface area contributed by atoms with Crippen molar-refractivity contribution in [2.75, 3.05) is 11.9 Å². The molecule has 1 fully saturated rings. The van der Waals surface area contributed by atoms with E-state index in [0.29, 0.717) is 5.69 Å². The lowest BCUT2D eigenvalue weighted by Gasteiger charge is -2.22. The van der Waals surface area contributed by atoms with E-state index in [1.165, 1.54) is 12.1 Å². The van der Waals surface area contributed by atoms with Crippen molar-refractivity contribution in [3.63, 3.8) is 0 Å². The number of amides is 1. The summed E-state index contributed by atoms with van der Waals surface area (Å²) in [7, 11) is 0. The van der Waals surface area contributed by atoms with Crippen LogP contribution in [0.5, 0.6) is 5.75 Å². The molecule has 1 aromatic carbocycles. The Morgan fingerprint density at radius 3 is 2.71 bits per heavy atom. The standard InChI is InChI=1S/C13H14BrF3N2O2/c14-9-7-8(4-5-11(9)21-13(15,16)17)19-12(20)10-3-1-2-6-18-10/h4-5,7,10,18H,1-3,6H2,(H,19,20)/t10-/m0/s1. The Bertz CT molecular complexity index is 517. The van der Waals surface area contributed by atoms with Crippen LogP contribution in [0.2, 0.25) is 0 Å². The number of halogens is 4. The van der Waals surface area contributed by atoms with Crippen molar-refractivity contribution < 1.29 is 22.7 Å². The van der Waals surface area contributed by atoms with E-state index in [2.05, 4.69) is 31.3 Å². The lowest BCUT2D eigenvalue weighted by atomic mass is 10.0. The van der Waals surface area contributed by atoms with Gasteiger partial charge in [-0.05, 0) is 53.5 Å².